The van der Waals surface area contributed by atoms with Crippen molar-refractivity contribution in [3.63, 3.8) is 0 Å². The summed E-state index contributed by atoms with van der Waals surface area (Å²) in [6.45, 7) is 6.09. The molecule has 1 rings (SSSR count). The Bertz CT molecular complexity index is 366. The second-order valence-corrected chi connectivity index (χ2v) is 4.32. The van der Waals surface area contributed by atoms with Gasteiger partial charge in [-0.05, 0) is 38.1 Å². The van der Waals surface area contributed by atoms with Crippen molar-refractivity contribution in [1.29, 1.82) is 0 Å². The lowest BCUT2D eigenvalue weighted by Gasteiger charge is -2.12. The van der Waals surface area contributed by atoms with Gasteiger partial charge in [0.1, 0.15) is 5.75 Å². The number of benzene rings is 1. The molecule has 0 aliphatic heterocycles. The van der Waals surface area contributed by atoms with E-state index in [4.69, 9.17) is 10.5 Å². The van der Waals surface area contributed by atoms with Crippen LogP contribution in [0.4, 0.5) is 5.69 Å². The third-order valence-electron chi connectivity index (χ3n) is 2.29. The molecule has 0 aliphatic carbocycles. The Kier molecular flexibility index (Phi) is 7.39. The Morgan fingerprint density at radius 1 is 1.28 bits per heavy atom. The number of ether oxygens (including phenoxy) is 1. The van der Waals surface area contributed by atoms with Crippen LogP contribution in [0.2, 0.25) is 0 Å². The number of nitrogens with one attached hydrogen (secondary N) is 1. The van der Waals surface area contributed by atoms with Gasteiger partial charge >= 0.3 is 0 Å². The molecule has 1 aromatic carbocycles. The van der Waals surface area contributed by atoms with Crippen LogP contribution in [-0.4, -0.2) is 18.6 Å². The maximum atomic E-state index is 11.6. The average molecular weight is 273 g/mol. The molecule has 18 heavy (non-hydrogen) atoms. The maximum absolute atomic E-state index is 11.6. The van der Waals surface area contributed by atoms with E-state index in [1.54, 1.807) is 6.92 Å². The van der Waals surface area contributed by atoms with Gasteiger partial charge in [-0.1, -0.05) is 6.92 Å². The van der Waals surface area contributed by atoms with Crippen LogP contribution in [0.1, 0.15) is 20.8 Å². The number of amides is 1. The summed E-state index contributed by atoms with van der Waals surface area (Å²) in [5.74, 6) is 0.552. The highest BCUT2D eigenvalue weighted by Gasteiger charge is 2.10. The van der Waals surface area contributed by atoms with E-state index in [-0.39, 0.29) is 30.3 Å². The van der Waals surface area contributed by atoms with Gasteiger partial charge in [0, 0.05) is 18.2 Å². The molecule has 0 aromatic heterocycles. The molecule has 4 nitrogen and oxygen atoms in total. The highest BCUT2D eigenvalue weighted by atomic mass is 35.5. The maximum Gasteiger partial charge on any atom is 0.228 e. The minimum atomic E-state index is -0.179. The van der Waals surface area contributed by atoms with Gasteiger partial charge in [0.25, 0.3) is 0 Å². The topological polar surface area (TPSA) is 64.3 Å². The van der Waals surface area contributed by atoms with Crippen molar-refractivity contribution in [2.75, 3.05) is 11.9 Å². The molecule has 0 aliphatic rings. The van der Waals surface area contributed by atoms with Gasteiger partial charge in [0.2, 0.25) is 5.91 Å². The van der Waals surface area contributed by atoms with Gasteiger partial charge in [-0.3, -0.25) is 4.79 Å². The fourth-order valence-electron chi connectivity index (χ4n) is 1.26. The van der Waals surface area contributed by atoms with Crippen molar-refractivity contribution >= 4 is 24.0 Å². The lowest BCUT2D eigenvalue weighted by Crippen LogP contribution is -2.26. The molecule has 3 N–H and O–H groups in total. The van der Waals surface area contributed by atoms with Crippen LogP contribution in [0, 0.1) is 5.92 Å². The number of anilines is 1. The summed E-state index contributed by atoms with van der Waals surface area (Å²) in [4.78, 5) is 11.6. The molecule has 5 heteroatoms. The molecule has 1 aromatic rings. The fourth-order valence-corrected chi connectivity index (χ4v) is 1.26. The normalized spacial score (nSPS) is 11.6. The van der Waals surface area contributed by atoms with Crippen LogP contribution in [0.5, 0.6) is 5.75 Å². The summed E-state index contributed by atoms with van der Waals surface area (Å²) in [5.41, 5.74) is 6.18. The third kappa shape index (κ3) is 5.38. The number of carbonyl (C=O) groups excluding carboxylic acids is 1. The molecule has 0 bridgehead atoms. The van der Waals surface area contributed by atoms with Crippen molar-refractivity contribution in [3.8, 4) is 5.75 Å². The van der Waals surface area contributed by atoms with Gasteiger partial charge in [-0.15, -0.1) is 12.4 Å². The monoisotopic (exact) mass is 272 g/mol. The smallest absolute Gasteiger partial charge is 0.228 e. The molecule has 102 valence electrons. The molecule has 0 heterocycles. The quantitative estimate of drug-likeness (QED) is 0.865. The molecule has 0 saturated heterocycles. The predicted octanol–water partition coefficient (Wildman–Crippen LogP) is 2.43. The minimum absolute atomic E-state index is 0. The highest BCUT2D eigenvalue weighted by Crippen LogP contribution is 2.17. The van der Waals surface area contributed by atoms with Crippen LogP contribution in [-0.2, 0) is 4.79 Å². The van der Waals surface area contributed by atoms with Gasteiger partial charge in [0.15, 0.2) is 0 Å². The Morgan fingerprint density at radius 3 is 2.28 bits per heavy atom. The fraction of sp³-hybridized carbons (Fsp3) is 0.462. The van der Waals surface area contributed by atoms with Crippen LogP contribution in [0.3, 0.4) is 0 Å². The average Bonchev–Trinajstić information content (AvgIpc) is 2.30. The summed E-state index contributed by atoms with van der Waals surface area (Å²) in [5, 5.41) is 2.80. The summed E-state index contributed by atoms with van der Waals surface area (Å²) in [7, 11) is 0. The second-order valence-electron chi connectivity index (χ2n) is 4.32. The molecule has 1 atom stereocenters. The molecule has 0 fully saturated rings. The van der Waals surface area contributed by atoms with Gasteiger partial charge < -0.3 is 15.8 Å². The van der Waals surface area contributed by atoms with Gasteiger partial charge in [-0.25, -0.2) is 0 Å². The van der Waals surface area contributed by atoms with E-state index in [1.807, 2.05) is 38.1 Å². The Labute approximate surface area is 114 Å². The molecular formula is C13H21ClN2O2. The first-order valence-electron chi connectivity index (χ1n) is 5.80. The van der Waals surface area contributed by atoms with E-state index in [2.05, 4.69) is 5.32 Å². The first-order chi connectivity index (χ1) is 8.02. The molecule has 0 saturated carbocycles. The van der Waals surface area contributed by atoms with Crippen molar-refractivity contribution in [1.82, 2.24) is 0 Å². The lowest BCUT2D eigenvalue weighted by atomic mass is 10.1. The molecule has 1 unspecified atom stereocenters. The third-order valence-corrected chi connectivity index (χ3v) is 2.29. The standard InChI is InChI=1S/C13H20N2O2.ClH/c1-9(2)17-12-6-4-11(5-7-12)15-13(16)10(3)8-14;/h4-7,9-10H,8,14H2,1-3H3,(H,15,16);1H. The molecule has 1 amide bonds. The van der Waals surface area contributed by atoms with E-state index in [9.17, 15) is 4.79 Å². The van der Waals surface area contributed by atoms with Crippen molar-refractivity contribution in [3.05, 3.63) is 24.3 Å². The van der Waals surface area contributed by atoms with Crippen molar-refractivity contribution in [2.45, 2.75) is 26.9 Å². The van der Waals surface area contributed by atoms with E-state index < -0.39 is 0 Å². The zero-order chi connectivity index (χ0) is 12.8. The summed E-state index contributed by atoms with van der Waals surface area (Å²) in [6.07, 6.45) is 0.146. The van der Waals surface area contributed by atoms with E-state index in [1.165, 1.54) is 0 Å². The minimum Gasteiger partial charge on any atom is -0.491 e. The van der Waals surface area contributed by atoms with E-state index >= 15 is 0 Å². The Morgan fingerprint density at radius 2 is 1.83 bits per heavy atom. The zero-order valence-corrected chi connectivity index (χ0v) is 11.8. The number of halogens is 1. The highest BCUT2D eigenvalue weighted by molar-refractivity contribution is 5.92. The van der Waals surface area contributed by atoms with E-state index in [0.29, 0.717) is 6.54 Å². The largest absolute Gasteiger partial charge is 0.491 e. The van der Waals surface area contributed by atoms with Gasteiger partial charge in [-0.2, -0.15) is 0 Å². The molecule has 0 spiro atoms. The Hall–Kier alpha value is -1.26. The second kappa shape index (κ2) is 7.95. The van der Waals surface area contributed by atoms with Gasteiger partial charge in [0.05, 0.1) is 6.10 Å². The Balaban J connectivity index is 0.00000289. The number of nitrogens with two attached hydrogens (primary N) is 1. The number of hydrogen-bond acceptors (Lipinski definition) is 3. The van der Waals surface area contributed by atoms with Crippen LogP contribution in [0.15, 0.2) is 24.3 Å². The SMILES string of the molecule is CC(C)Oc1ccc(NC(=O)C(C)CN)cc1.Cl. The van der Waals surface area contributed by atoms with Crippen LogP contribution in [0.25, 0.3) is 0 Å². The first-order valence-corrected chi connectivity index (χ1v) is 5.80. The van der Waals surface area contributed by atoms with Crippen molar-refractivity contribution < 1.29 is 9.53 Å². The summed E-state index contributed by atoms with van der Waals surface area (Å²) in [6, 6.07) is 7.31. The number of hydrogen-bond donors (Lipinski definition) is 2. The summed E-state index contributed by atoms with van der Waals surface area (Å²) < 4.78 is 5.51. The first kappa shape index (κ1) is 16.7. The molecular weight excluding hydrogens is 252 g/mol. The van der Waals surface area contributed by atoms with Crippen LogP contribution >= 0.6 is 12.4 Å². The van der Waals surface area contributed by atoms with Crippen molar-refractivity contribution in [2.24, 2.45) is 11.7 Å². The predicted molar refractivity (Wildman–Crippen MR) is 76.3 cm³/mol. The van der Waals surface area contributed by atoms with E-state index in [0.717, 1.165) is 11.4 Å². The number of rotatable bonds is 5. The zero-order valence-electron chi connectivity index (χ0n) is 11.0. The summed E-state index contributed by atoms with van der Waals surface area (Å²) >= 11 is 0. The van der Waals surface area contributed by atoms with Crippen LogP contribution < -0.4 is 15.8 Å². The lowest BCUT2D eigenvalue weighted by molar-refractivity contribution is -0.119. The molecule has 0 radical (unpaired) electrons. The number of carbonyl (C=O) groups is 1.